The highest BCUT2D eigenvalue weighted by Crippen LogP contribution is 2.30. The maximum absolute atomic E-state index is 5.73. The minimum Gasteiger partial charge on any atom is -0.496 e. The topological polar surface area (TPSA) is 47.3 Å². The molecule has 0 amide bonds. The van der Waals surface area contributed by atoms with Gasteiger partial charge in [-0.15, -0.1) is 0 Å². The molecule has 1 aliphatic rings. The van der Waals surface area contributed by atoms with Crippen LogP contribution in [0.4, 0.5) is 0 Å². The first kappa shape index (κ1) is 14.8. The van der Waals surface area contributed by atoms with Crippen LogP contribution in [0.25, 0.3) is 0 Å². The smallest absolute Gasteiger partial charge is 0.122 e. The molecule has 0 aromatic heterocycles. The summed E-state index contributed by atoms with van der Waals surface area (Å²) in [6, 6.07) is 6.45. The molecule has 0 spiro atoms. The molecule has 2 rings (SSSR count). The third-order valence-corrected chi connectivity index (χ3v) is 4.53. The van der Waals surface area contributed by atoms with Gasteiger partial charge in [0.1, 0.15) is 5.75 Å². The number of ether oxygens (including phenoxy) is 1. The number of nitrogens with one attached hydrogen (secondary N) is 1. The van der Waals surface area contributed by atoms with Crippen LogP contribution in [0.5, 0.6) is 5.75 Å². The van der Waals surface area contributed by atoms with Gasteiger partial charge in [0, 0.05) is 10.5 Å². The van der Waals surface area contributed by atoms with E-state index in [2.05, 4.69) is 27.4 Å². The summed E-state index contributed by atoms with van der Waals surface area (Å²) in [5.74, 6) is 7.50. The molecule has 1 unspecified atom stereocenters. The second kappa shape index (κ2) is 7.27. The summed E-state index contributed by atoms with van der Waals surface area (Å²) in [7, 11) is 1.72. The average Bonchev–Trinajstić information content (AvgIpc) is 2.91. The van der Waals surface area contributed by atoms with Crippen LogP contribution in [-0.4, -0.2) is 13.2 Å². The summed E-state index contributed by atoms with van der Waals surface area (Å²) >= 11 is 3.52. The van der Waals surface area contributed by atoms with Crippen LogP contribution in [0.15, 0.2) is 22.7 Å². The number of hydrazine groups is 1. The van der Waals surface area contributed by atoms with Crippen molar-refractivity contribution >= 4 is 15.9 Å². The summed E-state index contributed by atoms with van der Waals surface area (Å²) in [6.45, 7) is 0. The van der Waals surface area contributed by atoms with Gasteiger partial charge >= 0.3 is 0 Å². The lowest BCUT2D eigenvalue weighted by Gasteiger charge is -2.21. The van der Waals surface area contributed by atoms with Crippen molar-refractivity contribution in [1.82, 2.24) is 5.43 Å². The molecule has 1 aromatic carbocycles. The highest BCUT2D eigenvalue weighted by molar-refractivity contribution is 9.10. The van der Waals surface area contributed by atoms with Gasteiger partial charge in [0.15, 0.2) is 0 Å². The molecule has 1 aliphatic carbocycles. The van der Waals surface area contributed by atoms with E-state index in [4.69, 9.17) is 10.6 Å². The molecule has 1 saturated carbocycles. The number of hydrogen-bond donors (Lipinski definition) is 2. The van der Waals surface area contributed by atoms with Gasteiger partial charge in [-0.25, -0.2) is 0 Å². The molecule has 3 N–H and O–H groups in total. The Labute approximate surface area is 124 Å². The number of hydrogen-bond acceptors (Lipinski definition) is 3. The van der Waals surface area contributed by atoms with Gasteiger partial charge in [-0.2, -0.15) is 0 Å². The SMILES string of the molecule is COc1ccc(Br)cc1CC(CC1CCCC1)NN. The van der Waals surface area contributed by atoms with Crippen molar-refractivity contribution in [2.24, 2.45) is 11.8 Å². The summed E-state index contributed by atoms with van der Waals surface area (Å²) < 4.78 is 6.51. The highest BCUT2D eigenvalue weighted by Gasteiger charge is 2.20. The first-order chi connectivity index (χ1) is 9.22. The minimum atomic E-state index is 0.325. The molecule has 1 atom stereocenters. The maximum Gasteiger partial charge on any atom is 0.122 e. The van der Waals surface area contributed by atoms with Crippen LogP contribution < -0.4 is 16.0 Å². The van der Waals surface area contributed by atoms with E-state index < -0.39 is 0 Å². The fraction of sp³-hybridized carbons (Fsp3) is 0.600. The van der Waals surface area contributed by atoms with Gasteiger partial charge in [0.25, 0.3) is 0 Å². The van der Waals surface area contributed by atoms with Gasteiger partial charge < -0.3 is 4.74 Å². The van der Waals surface area contributed by atoms with Crippen molar-refractivity contribution in [1.29, 1.82) is 0 Å². The van der Waals surface area contributed by atoms with E-state index >= 15 is 0 Å². The molecule has 0 heterocycles. The van der Waals surface area contributed by atoms with Crippen molar-refractivity contribution in [3.8, 4) is 5.75 Å². The van der Waals surface area contributed by atoms with Crippen LogP contribution in [0, 0.1) is 5.92 Å². The molecule has 106 valence electrons. The second-order valence-corrected chi connectivity index (χ2v) is 6.33. The molecular weight excluding hydrogens is 304 g/mol. The lowest BCUT2D eigenvalue weighted by molar-refractivity contribution is 0.376. The van der Waals surface area contributed by atoms with Crippen LogP contribution in [0.3, 0.4) is 0 Å². The fourth-order valence-electron chi connectivity index (χ4n) is 3.03. The second-order valence-electron chi connectivity index (χ2n) is 5.41. The third kappa shape index (κ3) is 4.20. The average molecular weight is 327 g/mol. The first-order valence-electron chi connectivity index (χ1n) is 7.01. The molecule has 4 heteroatoms. The molecule has 0 aliphatic heterocycles. The number of rotatable bonds is 6. The normalized spacial score (nSPS) is 17.6. The molecule has 1 aromatic rings. The summed E-state index contributed by atoms with van der Waals surface area (Å²) in [4.78, 5) is 0. The number of nitrogens with two attached hydrogens (primary N) is 1. The van der Waals surface area contributed by atoms with E-state index in [9.17, 15) is 0 Å². The molecule has 0 bridgehead atoms. The Morgan fingerprint density at radius 1 is 1.42 bits per heavy atom. The van der Waals surface area contributed by atoms with Crippen LogP contribution in [-0.2, 0) is 6.42 Å². The first-order valence-corrected chi connectivity index (χ1v) is 7.80. The summed E-state index contributed by atoms with van der Waals surface area (Å²) in [5, 5.41) is 0. The van der Waals surface area contributed by atoms with Crippen molar-refractivity contribution in [2.75, 3.05) is 7.11 Å². The van der Waals surface area contributed by atoms with Crippen LogP contribution in [0.1, 0.15) is 37.7 Å². The predicted molar refractivity (Wildman–Crippen MR) is 82.1 cm³/mol. The van der Waals surface area contributed by atoms with Gasteiger partial charge in [0.2, 0.25) is 0 Å². The Bertz CT molecular complexity index is 405. The molecule has 3 nitrogen and oxygen atoms in total. The number of halogens is 1. The Balaban J connectivity index is 2.02. The molecule has 0 radical (unpaired) electrons. The number of methoxy groups -OCH3 is 1. The summed E-state index contributed by atoms with van der Waals surface area (Å²) in [5.41, 5.74) is 4.18. The van der Waals surface area contributed by atoms with Crippen molar-refractivity contribution in [3.05, 3.63) is 28.2 Å². The fourth-order valence-corrected chi connectivity index (χ4v) is 3.44. The lowest BCUT2D eigenvalue weighted by atomic mass is 9.94. The zero-order valence-electron chi connectivity index (χ0n) is 11.5. The predicted octanol–water partition coefficient (Wildman–Crippen LogP) is 3.41. The van der Waals surface area contributed by atoms with E-state index in [1.165, 1.54) is 31.2 Å². The minimum absolute atomic E-state index is 0.325. The van der Waals surface area contributed by atoms with Crippen molar-refractivity contribution < 1.29 is 4.74 Å². The largest absolute Gasteiger partial charge is 0.496 e. The Morgan fingerprint density at radius 3 is 2.79 bits per heavy atom. The van der Waals surface area contributed by atoms with Gasteiger partial charge in [-0.3, -0.25) is 11.3 Å². The zero-order chi connectivity index (χ0) is 13.7. The van der Waals surface area contributed by atoms with Crippen molar-refractivity contribution in [3.63, 3.8) is 0 Å². The molecule has 0 saturated heterocycles. The highest BCUT2D eigenvalue weighted by atomic mass is 79.9. The Morgan fingerprint density at radius 2 is 2.16 bits per heavy atom. The summed E-state index contributed by atoms with van der Waals surface area (Å²) in [6.07, 6.45) is 7.54. The van der Waals surface area contributed by atoms with E-state index in [1.54, 1.807) is 7.11 Å². The molecule has 19 heavy (non-hydrogen) atoms. The standard InChI is InChI=1S/C15H23BrN2O/c1-19-15-7-6-13(16)9-12(15)10-14(18-17)8-11-4-2-3-5-11/h6-7,9,11,14,18H,2-5,8,10,17H2,1H3. The van der Waals surface area contributed by atoms with Gasteiger partial charge in [-0.1, -0.05) is 41.6 Å². The third-order valence-electron chi connectivity index (χ3n) is 4.04. The lowest BCUT2D eigenvalue weighted by Crippen LogP contribution is -2.38. The van der Waals surface area contributed by atoms with Gasteiger partial charge in [-0.05, 0) is 42.5 Å². The van der Waals surface area contributed by atoms with Gasteiger partial charge in [0.05, 0.1) is 7.11 Å². The number of benzene rings is 1. The quantitative estimate of drug-likeness (QED) is 0.622. The monoisotopic (exact) mass is 326 g/mol. The van der Waals surface area contributed by atoms with Crippen molar-refractivity contribution in [2.45, 2.75) is 44.6 Å². The van der Waals surface area contributed by atoms with E-state index in [0.717, 1.165) is 29.0 Å². The van der Waals surface area contributed by atoms with E-state index in [0.29, 0.717) is 6.04 Å². The van der Waals surface area contributed by atoms with Crippen LogP contribution >= 0.6 is 15.9 Å². The molecule has 1 fully saturated rings. The molecular formula is C15H23BrN2O. The Kier molecular flexibility index (Phi) is 5.67. The van der Waals surface area contributed by atoms with E-state index in [1.807, 2.05) is 12.1 Å². The maximum atomic E-state index is 5.73. The van der Waals surface area contributed by atoms with E-state index in [-0.39, 0.29) is 0 Å². The van der Waals surface area contributed by atoms with Crippen LogP contribution in [0.2, 0.25) is 0 Å². The zero-order valence-corrected chi connectivity index (χ0v) is 13.1. The Hall–Kier alpha value is -0.580.